The summed E-state index contributed by atoms with van der Waals surface area (Å²) in [6, 6.07) is 0. The van der Waals surface area contributed by atoms with Crippen molar-refractivity contribution in [2.75, 3.05) is 0 Å². The van der Waals surface area contributed by atoms with Crippen LogP contribution < -0.4 is 5.73 Å². The summed E-state index contributed by atoms with van der Waals surface area (Å²) in [5.74, 6) is 0. The van der Waals surface area contributed by atoms with Crippen molar-refractivity contribution in [3.05, 3.63) is 0 Å². The van der Waals surface area contributed by atoms with E-state index in [9.17, 15) is 0 Å². The Morgan fingerprint density at radius 3 is 1.62 bits per heavy atom. The molecule has 52 valence electrons. The highest BCUT2D eigenvalue weighted by Gasteiger charge is 2.16. The summed E-state index contributed by atoms with van der Waals surface area (Å²) in [6.45, 7) is 6.03. The monoisotopic (exact) mass is 201 g/mol. The molecule has 1 unspecified atom stereocenters. The Hall–Kier alpha value is 0.730. The van der Waals surface area contributed by atoms with Crippen LogP contribution in [0, 0.1) is 0 Å². The van der Waals surface area contributed by atoms with E-state index in [1.165, 1.54) is 0 Å². The van der Waals surface area contributed by atoms with Crippen LogP contribution >= 0.6 is 28.3 Å². The molecule has 0 fully saturated rings. The van der Waals surface area contributed by atoms with Crippen molar-refractivity contribution in [2.24, 2.45) is 5.73 Å². The van der Waals surface area contributed by atoms with Gasteiger partial charge in [-0.15, -0.1) is 12.4 Å². The molecule has 0 bridgehead atoms. The first-order valence-corrected chi connectivity index (χ1v) is 3.29. The lowest BCUT2D eigenvalue weighted by Crippen LogP contribution is -2.39. The van der Waals surface area contributed by atoms with Gasteiger partial charge < -0.3 is 5.73 Å². The lowest BCUT2D eigenvalue weighted by atomic mass is 10.0. The van der Waals surface area contributed by atoms with Gasteiger partial charge >= 0.3 is 0 Å². The Balaban J connectivity index is 0. The fourth-order valence-electron chi connectivity index (χ4n) is 0. The number of nitrogens with two attached hydrogens (primary N) is 1. The second kappa shape index (κ2) is 3.70. The Bertz CT molecular complexity index is 57.9. The van der Waals surface area contributed by atoms with Crippen LogP contribution in [0.5, 0.6) is 0 Å². The normalized spacial score (nSPS) is 14.6. The van der Waals surface area contributed by atoms with Gasteiger partial charge in [-0.2, -0.15) is 0 Å². The molecule has 0 aromatic rings. The highest BCUT2D eigenvalue weighted by molar-refractivity contribution is 9.09. The summed E-state index contributed by atoms with van der Waals surface area (Å²) >= 11 is 3.37. The summed E-state index contributed by atoms with van der Waals surface area (Å²) in [4.78, 5) is 0.389. The van der Waals surface area contributed by atoms with Crippen LogP contribution in [-0.2, 0) is 0 Å². The molecule has 0 rings (SSSR count). The molecule has 1 nitrogen and oxygen atoms in total. The first kappa shape index (κ1) is 11.5. The van der Waals surface area contributed by atoms with Gasteiger partial charge in [0.1, 0.15) is 0 Å². The van der Waals surface area contributed by atoms with E-state index >= 15 is 0 Å². The summed E-state index contributed by atoms with van der Waals surface area (Å²) in [7, 11) is 0. The van der Waals surface area contributed by atoms with Crippen LogP contribution in [0.15, 0.2) is 0 Å². The third-order valence-electron chi connectivity index (χ3n) is 1.03. The van der Waals surface area contributed by atoms with Gasteiger partial charge in [-0.25, -0.2) is 0 Å². The molecule has 0 aliphatic carbocycles. The Morgan fingerprint density at radius 2 is 1.62 bits per heavy atom. The second-order valence-electron chi connectivity index (χ2n) is 2.44. The van der Waals surface area contributed by atoms with E-state index in [0.29, 0.717) is 4.83 Å². The van der Waals surface area contributed by atoms with Gasteiger partial charge in [0.2, 0.25) is 0 Å². The van der Waals surface area contributed by atoms with Crippen molar-refractivity contribution in [1.29, 1.82) is 0 Å². The maximum Gasteiger partial charge on any atom is 0.0292 e. The van der Waals surface area contributed by atoms with E-state index in [2.05, 4.69) is 15.9 Å². The molecule has 0 aromatic carbocycles. The second-order valence-corrected chi connectivity index (χ2v) is 3.81. The van der Waals surface area contributed by atoms with Gasteiger partial charge in [0.25, 0.3) is 0 Å². The van der Waals surface area contributed by atoms with Gasteiger partial charge in [0.05, 0.1) is 0 Å². The summed E-state index contributed by atoms with van der Waals surface area (Å²) in [5.41, 5.74) is 5.55. The average Bonchev–Trinajstić information content (AvgIpc) is 1.31. The minimum absolute atomic E-state index is 0. The minimum Gasteiger partial charge on any atom is -0.325 e. The third-order valence-corrected chi connectivity index (χ3v) is 2.21. The van der Waals surface area contributed by atoms with E-state index < -0.39 is 0 Å². The first-order valence-electron chi connectivity index (χ1n) is 2.37. The average molecular weight is 203 g/mol. The summed E-state index contributed by atoms with van der Waals surface area (Å²) in [5, 5.41) is 0. The zero-order valence-electron chi connectivity index (χ0n) is 5.44. The van der Waals surface area contributed by atoms with E-state index in [4.69, 9.17) is 5.73 Å². The number of alkyl halides is 1. The van der Waals surface area contributed by atoms with Gasteiger partial charge in [0.15, 0.2) is 0 Å². The zero-order valence-corrected chi connectivity index (χ0v) is 7.84. The van der Waals surface area contributed by atoms with Crippen LogP contribution in [0.25, 0.3) is 0 Å². The Morgan fingerprint density at radius 1 is 1.50 bits per heavy atom. The molecule has 3 heteroatoms. The van der Waals surface area contributed by atoms with Crippen LogP contribution in [0.3, 0.4) is 0 Å². The molecule has 0 amide bonds. The van der Waals surface area contributed by atoms with Crippen molar-refractivity contribution in [3.63, 3.8) is 0 Å². The van der Waals surface area contributed by atoms with Crippen molar-refractivity contribution < 1.29 is 0 Å². The number of hydrogen-bond donors (Lipinski definition) is 1. The molecule has 0 aromatic heterocycles. The van der Waals surface area contributed by atoms with E-state index in [1.807, 2.05) is 20.8 Å². The molecule has 0 saturated carbocycles. The highest BCUT2D eigenvalue weighted by Crippen LogP contribution is 2.11. The Kier molecular flexibility index (Phi) is 5.32. The predicted octanol–water partition coefficient (Wildman–Crippen LogP) is 1.93. The molecule has 0 aliphatic rings. The third kappa shape index (κ3) is 4.88. The smallest absolute Gasteiger partial charge is 0.0292 e. The molecule has 0 saturated heterocycles. The molecule has 0 heterocycles. The predicted molar refractivity (Wildman–Crippen MR) is 43.9 cm³/mol. The zero-order chi connectivity index (χ0) is 6.08. The number of rotatable bonds is 1. The van der Waals surface area contributed by atoms with E-state index in [0.717, 1.165) is 0 Å². The fraction of sp³-hybridized carbons (Fsp3) is 1.00. The van der Waals surface area contributed by atoms with Crippen LogP contribution in [0.4, 0.5) is 0 Å². The largest absolute Gasteiger partial charge is 0.325 e. The highest BCUT2D eigenvalue weighted by atomic mass is 79.9. The van der Waals surface area contributed by atoms with Gasteiger partial charge in [-0.3, -0.25) is 0 Å². The topological polar surface area (TPSA) is 26.0 Å². The lowest BCUT2D eigenvalue weighted by molar-refractivity contribution is 0.521. The molecular weight excluding hydrogens is 189 g/mol. The maximum atomic E-state index is 5.63. The molecule has 8 heavy (non-hydrogen) atoms. The fourth-order valence-corrected chi connectivity index (χ4v) is 0. The van der Waals surface area contributed by atoms with E-state index in [1.54, 1.807) is 0 Å². The van der Waals surface area contributed by atoms with Gasteiger partial charge in [-0.05, 0) is 13.8 Å². The molecule has 2 N–H and O–H groups in total. The first-order chi connectivity index (χ1) is 2.94. The van der Waals surface area contributed by atoms with E-state index in [-0.39, 0.29) is 17.9 Å². The van der Waals surface area contributed by atoms with Crippen molar-refractivity contribution in [2.45, 2.75) is 31.1 Å². The molecular formula is C5H13BrClN. The van der Waals surface area contributed by atoms with Crippen LogP contribution in [0.2, 0.25) is 0 Å². The van der Waals surface area contributed by atoms with Crippen molar-refractivity contribution >= 4 is 28.3 Å². The molecule has 0 aliphatic heterocycles. The summed E-state index contributed by atoms with van der Waals surface area (Å²) < 4.78 is 0. The maximum absolute atomic E-state index is 5.63. The van der Waals surface area contributed by atoms with Crippen LogP contribution in [-0.4, -0.2) is 10.4 Å². The van der Waals surface area contributed by atoms with Crippen LogP contribution in [0.1, 0.15) is 20.8 Å². The standard InChI is InChI=1S/C5H12BrN.ClH/c1-4(6)5(2,3)7;/h4H,7H2,1-3H3;1H. The minimum atomic E-state index is -0.0833. The Labute approximate surface area is 65.6 Å². The summed E-state index contributed by atoms with van der Waals surface area (Å²) in [6.07, 6.45) is 0. The SMILES string of the molecule is CC(Br)C(C)(C)N.Cl. The van der Waals surface area contributed by atoms with Crippen molar-refractivity contribution in [3.8, 4) is 0 Å². The molecule has 0 spiro atoms. The molecule has 0 radical (unpaired) electrons. The number of halogens is 2. The quantitative estimate of drug-likeness (QED) is 0.646. The van der Waals surface area contributed by atoms with Gasteiger partial charge in [0, 0.05) is 10.4 Å². The lowest BCUT2D eigenvalue weighted by Gasteiger charge is -2.20. The molecule has 1 atom stereocenters. The van der Waals surface area contributed by atoms with Crippen molar-refractivity contribution in [1.82, 2.24) is 0 Å². The number of hydrogen-bond acceptors (Lipinski definition) is 1. The van der Waals surface area contributed by atoms with Gasteiger partial charge in [-0.1, -0.05) is 22.9 Å².